The lowest BCUT2D eigenvalue weighted by Gasteiger charge is -2.15. The monoisotopic (exact) mass is 375 g/mol. The summed E-state index contributed by atoms with van der Waals surface area (Å²) in [5, 5.41) is 0. The van der Waals surface area contributed by atoms with Gasteiger partial charge in [0.25, 0.3) is 0 Å². The van der Waals surface area contributed by atoms with Crippen LogP contribution in [0, 0.1) is 0 Å². The smallest absolute Gasteiger partial charge is 0.254 e. The van der Waals surface area contributed by atoms with Gasteiger partial charge in [0, 0.05) is 11.1 Å². The van der Waals surface area contributed by atoms with Gasteiger partial charge >= 0.3 is 5.96 Å². The number of aliphatic imine (C=N–C) groups is 3. The molecule has 2 aromatic carbocycles. The van der Waals surface area contributed by atoms with E-state index in [2.05, 4.69) is 66.5 Å². The molecule has 0 radical (unpaired) electrons. The topological polar surface area (TPSA) is 40.1 Å². The van der Waals surface area contributed by atoms with Gasteiger partial charge in [-0.1, -0.05) is 70.6 Å². The number of rotatable bonds is 5. The first-order valence-corrected chi connectivity index (χ1v) is 9.78. The molecule has 0 amide bonds. The average molecular weight is 376 g/mol. The molecule has 0 heterocycles. The van der Waals surface area contributed by atoms with Crippen molar-refractivity contribution < 1.29 is 4.58 Å². The summed E-state index contributed by atoms with van der Waals surface area (Å²) in [4.78, 5) is 14.0. The van der Waals surface area contributed by atoms with Crippen LogP contribution in [0.2, 0.25) is 0 Å². The largest absolute Gasteiger partial charge is 0.430 e. The SMILES string of the molecule is CC(C)=NC(/N=C/N=C(c1ccccc1)c1ccccc1)=[N+](C(C)C)C(C)C. The first-order chi connectivity index (χ1) is 13.4. The molecule has 0 saturated carbocycles. The van der Waals surface area contributed by atoms with Crippen LogP contribution in [-0.2, 0) is 0 Å². The highest BCUT2D eigenvalue weighted by Gasteiger charge is 2.19. The molecule has 0 fully saturated rings. The van der Waals surface area contributed by atoms with E-state index in [1.165, 1.54) is 0 Å². The molecule has 0 aromatic heterocycles. The Labute approximate surface area is 169 Å². The van der Waals surface area contributed by atoms with E-state index in [0.29, 0.717) is 18.0 Å². The van der Waals surface area contributed by atoms with Gasteiger partial charge in [-0.15, -0.1) is 0 Å². The zero-order valence-corrected chi connectivity index (χ0v) is 17.8. The van der Waals surface area contributed by atoms with Crippen LogP contribution in [0.4, 0.5) is 0 Å². The molecular formula is C24H31N4+. The van der Waals surface area contributed by atoms with Crippen molar-refractivity contribution in [3.05, 3.63) is 71.8 Å². The van der Waals surface area contributed by atoms with Crippen molar-refractivity contribution in [2.45, 2.75) is 53.6 Å². The summed E-state index contributed by atoms with van der Waals surface area (Å²) in [5.74, 6) is 0.689. The Morgan fingerprint density at radius 2 is 1.25 bits per heavy atom. The summed E-state index contributed by atoms with van der Waals surface area (Å²) in [5.41, 5.74) is 3.97. The van der Waals surface area contributed by atoms with Crippen molar-refractivity contribution >= 4 is 23.7 Å². The van der Waals surface area contributed by atoms with Gasteiger partial charge < -0.3 is 0 Å². The Morgan fingerprint density at radius 3 is 1.64 bits per heavy atom. The summed E-state index contributed by atoms with van der Waals surface area (Å²) >= 11 is 0. The van der Waals surface area contributed by atoms with E-state index in [0.717, 1.165) is 22.6 Å². The lowest BCUT2D eigenvalue weighted by atomic mass is 10.0. The molecule has 0 N–H and O–H groups in total. The van der Waals surface area contributed by atoms with E-state index in [9.17, 15) is 0 Å². The van der Waals surface area contributed by atoms with E-state index < -0.39 is 0 Å². The first-order valence-electron chi connectivity index (χ1n) is 9.78. The Morgan fingerprint density at radius 1 is 0.786 bits per heavy atom. The lowest BCUT2D eigenvalue weighted by molar-refractivity contribution is -0.588. The van der Waals surface area contributed by atoms with Crippen LogP contribution in [0.5, 0.6) is 0 Å². The molecule has 28 heavy (non-hydrogen) atoms. The Hall–Kier alpha value is -2.88. The third-order valence-corrected chi connectivity index (χ3v) is 4.12. The van der Waals surface area contributed by atoms with Gasteiger partial charge in [-0.2, -0.15) is 0 Å². The number of guanidine groups is 1. The fraction of sp³-hybridized carbons (Fsp3) is 0.333. The minimum Gasteiger partial charge on any atom is -0.254 e. The van der Waals surface area contributed by atoms with Gasteiger partial charge in [0.1, 0.15) is 0 Å². The van der Waals surface area contributed by atoms with Crippen LogP contribution in [0.25, 0.3) is 0 Å². The van der Waals surface area contributed by atoms with Gasteiger partial charge in [0.15, 0.2) is 6.34 Å². The third-order valence-electron chi connectivity index (χ3n) is 4.12. The minimum absolute atomic E-state index is 0.293. The van der Waals surface area contributed by atoms with Crippen molar-refractivity contribution in [2.75, 3.05) is 0 Å². The number of hydrogen-bond donors (Lipinski definition) is 0. The first kappa shape index (κ1) is 21.4. The predicted molar refractivity (Wildman–Crippen MR) is 121 cm³/mol. The molecule has 0 atom stereocenters. The van der Waals surface area contributed by atoms with Gasteiger partial charge in [0.05, 0.1) is 23.5 Å². The Bertz CT molecular complexity index is 818. The van der Waals surface area contributed by atoms with Gasteiger partial charge in [0.2, 0.25) is 0 Å². The molecule has 2 rings (SSSR count). The number of benzene rings is 2. The molecule has 4 heteroatoms. The normalized spacial score (nSPS) is 11.0. The molecule has 2 aromatic rings. The fourth-order valence-corrected chi connectivity index (χ4v) is 3.06. The summed E-state index contributed by atoms with van der Waals surface area (Å²) in [6.45, 7) is 12.6. The molecule has 0 aliphatic heterocycles. The molecule has 0 aliphatic carbocycles. The minimum atomic E-state index is 0.293. The maximum atomic E-state index is 4.72. The van der Waals surface area contributed by atoms with E-state index >= 15 is 0 Å². The molecule has 0 aliphatic rings. The second kappa shape index (κ2) is 10.5. The fourth-order valence-electron chi connectivity index (χ4n) is 3.06. The van der Waals surface area contributed by atoms with E-state index in [4.69, 9.17) is 4.99 Å². The third kappa shape index (κ3) is 6.08. The second-order valence-electron chi connectivity index (χ2n) is 7.41. The van der Waals surface area contributed by atoms with Crippen molar-refractivity contribution in [1.82, 2.24) is 0 Å². The van der Waals surface area contributed by atoms with Crippen LogP contribution >= 0.6 is 0 Å². The molecule has 0 saturated heterocycles. The standard InChI is InChI=1S/C24H31N4/c1-18(2)27-24(28(19(3)4)20(5)6)26-17-25-23(21-13-9-7-10-14-21)22-15-11-8-12-16-22/h7-17,19-20H,1-6H3/q+1. The van der Waals surface area contributed by atoms with Crippen molar-refractivity contribution in [2.24, 2.45) is 15.0 Å². The van der Waals surface area contributed by atoms with Crippen LogP contribution in [-0.4, -0.2) is 40.4 Å². The lowest BCUT2D eigenvalue weighted by Crippen LogP contribution is -2.32. The van der Waals surface area contributed by atoms with Crippen molar-refractivity contribution in [1.29, 1.82) is 0 Å². The maximum absolute atomic E-state index is 4.72. The highest BCUT2D eigenvalue weighted by molar-refractivity contribution is 6.15. The molecule has 4 nitrogen and oxygen atoms in total. The van der Waals surface area contributed by atoms with E-state index in [-0.39, 0.29) is 0 Å². The number of nitrogens with zero attached hydrogens (tertiary/aromatic N) is 4. The van der Waals surface area contributed by atoms with Gasteiger partial charge in [-0.3, -0.25) is 4.58 Å². The molecule has 0 unspecified atom stereocenters. The summed E-state index contributed by atoms with van der Waals surface area (Å²) in [6, 6.07) is 20.9. The van der Waals surface area contributed by atoms with Gasteiger partial charge in [-0.05, 0) is 41.5 Å². The average Bonchev–Trinajstić information content (AvgIpc) is 2.65. The summed E-state index contributed by atoms with van der Waals surface area (Å²) < 4.78 is 2.20. The van der Waals surface area contributed by atoms with Crippen LogP contribution in [0.1, 0.15) is 52.7 Å². The zero-order chi connectivity index (χ0) is 20.5. The Balaban J connectivity index is 2.53. The van der Waals surface area contributed by atoms with Gasteiger partial charge in [-0.25, -0.2) is 4.99 Å². The summed E-state index contributed by atoms with van der Waals surface area (Å²) in [7, 11) is 0. The molecule has 0 spiro atoms. The summed E-state index contributed by atoms with van der Waals surface area (Å²) in [6.07, 6.45) is 1.62. The maximum Gasteiger partial charge on any atom is 0.430 e. The zero-order valence-electron chi connectivity index (χ0n) is 17.8. The highest BCUT2D eigenvalue weighted by Crippen LogP contribution is 2.10. The predicted octanol–water partition coefficient (Wildman–Crippen LogP) is 5.22. The highest BCUT2D eigenvalue weighted by atomic mass is 15.2. The molecule has 146 valence electrons. The second-order valence-corrected chi connectivity index (χ2v) is 7.41. The van der Waals surface area contributed by atoms with Crippen LogP contribution in [0.3, 0.4) is 0 Å². The molecule has 0 bridgehead atoms. The van der Waals surface area contributed by atoms with E-state index in [1.54, 1.807) is 6.34 Å². The van der Waals surface area contributed by atoms with Crippen LogP contribution < -0.4 is 0 Å². The van der Waals surface area contributed by atoms with Crippen LogP contribution in [0.15, 0.2) is 75.6 Å². The van der Waals surface area contributed by atoms with Crippen molar-refractivity contribution in [3.8, 4) is 0 Å². The molecular weight excluding hydrogens is 344 g/mol. The quantitative estimate of drug-likeness (QED) is 0.391. The number of hydrogen-bond acceptors (Lipinski definition) is 0. The van der Waals surface area contributed by atoms with Crippen molar-refractivity contribution in [3.63, 3.8) is 0 Å². The Kier molecular flexibility index (Phi) is 8.00. The van der Waals surface area contributed by atoms with E-state index in [1.807, 2.05) is 50.2 Å².